The summed E-state index contributed by atoms with van der Waals surface area (Å²) in [5.74, 6) is -1.51. The van der Waals surface area contributed by atoms with Crippen molar-refractivity contribution in [1.29, 1.82) is 0 Å². The van der Waals surface area contributed by atoms with E-state index in [1.165, 1.54) is 13.0 Å². The monoisotopic (exact) mass is 395 g/mol. The number of halogens is 1. The molecule has 21 heavy (non-hydrogen) atoms. The molecular weight excluding hydrogens is 385 g/mol. The fourth-order valence-electron chi connectivity index (χ4n) is 2.37. The summed E-state index contributed by atoms with van der Waals surface area (Å²) in [7, 11) is 0. The smallest absolute Gasteiger partial charge is 0.337 e. The first-order valence-corrected chi connectivity index (χ1v) is 7.16. The number of pyridine rings is 1. The molecule has 0 bridgehead atoms. The molecule has 2 aromatic carbocycles. The van der Waals surface area contributed by atoms with Crippen LogP contribution in [0.5, 0.6) is 11.5 Å². The summed E-state index contributed by atoms with van der Waals surface area (Å²) in [6, 6.07) is 6.62. The fourth-order valence-corrected chi connectivity index (χ4v) is 2.86. The Balaban J connectivity index is 2.65. The first kappa shape index (κ1) is 13.9. The van der Waals surface area contributed by atoms with E-state index in [0.29, 0.717) is 10.9 Å². The first-order chi connectivity index (χ1) is 9.90. The lowest BCUT2D eigenvalue weighted by Crippen LogP contribution is -2.02. The van der Waals surface area contributed by atoms with Crippen molar-refractivity contribution >= 4 is 50.4 Å². The molecule has 0 amide bonds. The molecule has 0 atom stereocenters. The quantitative estimate of drug-likeness (QED) is 0.434. The highest BCUT2D eigenvalue weighted by Gasteiger charge is 2.21. The van der Waals surface area contributed by atoms with Crippen molar-refractivity contribution in [2.75, 3.05) is 0 Å². The Bertz CT molecular complexity index is 921. The number of rotatable bonds is 1. The van der Waals surface area contributed by atoms with Crippen molar-refractivity contribution < 1.29 is 20.1 Å². The topological polar surface area (TPSA) is 90.7 Å². The van der Waals surface area contributed by atoms with Gasteiger partial charge in [0.2, 0.25) is 0 Å². The summed E-state index contributed by atoms with van der Waals surface area (Å²) in [6.45, 7) is 1.52. The maximum Gasteiger partial charge on any atom is 0.337 e. The van der Waals surface area contributed by atoms with E-state index < -0.39 is 5.97 Å². The average Bonchev–Trinajstić information content (AvgIpc) is 2.43. The van der Waals surface area contributed by atoms with Crippen molar-refractivity contribution in [2.45, 2.75) is 6.92 Å². The Hall–Kier alpha value is -2.09. The van der Waals surface area contributed by atoms with Gasteiger partial charge in [-0.25, -0.2) is 9.78 Å². The van der Waals surface area contributed by atoms with Crippen LogP contribution in [0.3, 0.4) is 0 Å². The van der Waals surface area contributed by atoms with E-state index in [1.54, 1.807) is 12.1 Å². The maximum atomic E-state index is 11.7. The normalized spacial score (nSPS) is 11.1. The van der Waals surface area contributed by atoms with E-state index in [0.717, 1.165) is 3.57 Å². The molecule has 5 nitrogen and oxygen atoms in total. The highest BCUT2D eigenvalue weighted by atomic mass is 127. The third-order valence-electron chi connectivity index (χ3n) is 3.44. The summed E-state index contributed by atoms with van der Waals surface area (Å²) in [4.78, 5) is 16.0. The van der Waals surface area contributed by atoms with Crippen LogP contribution in [-0.2, 0) is 0 Å². The third-order valence-corrected chi connectivity index (χ3v) is 4.11. The molecule has 1 heterocycles. The molecule has 106 valence electrons. The third kappa shape index (κ3) is 2.06. The Morgan fingerprint density at radius 3 is 2.57 bits per heavy atom. The van der Waals surface area contributed by atoms with E-state index in [2.05, 4.69) is 27.6 Å². The predicted molar refractivity (Wildman–Crippen MR) is 87.0 cm³/mol. The molecule has 3 aromatic rings. The highest BCUT2D eigenvalue weighted by Crippen LogP contribution is 2.38. The van der Waals surface area contributed by atoms with Gasteiger partial charge < -0.3 is 15.3 Å². The lowest BCUT2D eigenvalue weighted by Gasteiger charge is -2.12. The van der Waals surface area contributed by atoms with Crippen molar-refractivity contribution in [3.05, 3.63) is 39.0 Å². The van der Waals surface area contributed by atoms with Crippen molar-refractivity contribution in [3.8, 4) is 11.5 Å². The van der Waals surface area contributed by atoms with E-state index in [1.807, 2.05) is 6.07 Å². The van der Waals surface area contributed by atoms with Gasteiger partial charge >= 0.3 is 5.97 Å². The molecule has 0 spiro atoms. The van der Waals surface area contributed by atoms with E-state index in [9.17, 15) is 20.1 Å². The summed E-state index contributed by atoms with van der Waals surface area (Å²) in [5, 5.41) is 30.2. The molecule has 1 aromatic heterocycles. The highest BCUT2D eigenvalue weighted by molar-refractivity contribution is 14.1. The summed E-state index contributed by atoms with van der Waals surface area (Å²) < 4.78 is 0.874. The summed E-state index contributed by atoms with van der Waals surface area (Å²) in [5.41, 5.74) is 0.982. The SMILES string of the molecule is Cc1c(O)cc2nc3ccc(I)cc3c(C(=O)O)c2c1O. The first-order valence-electron chi connectivity index (χ1n) is 6.08. The zero-order valence-corrected chi connectivity index (χ0v) is 13.0. The van der Waals surface area contributed by atoms with Crippen LogP contribution in [0.15, 0.2) is 24.3 Å². The van der Waals surface area contributed by atoms with Crippen molar-refractivity contribution in [3.63, 3.8) is 0 Å². The van der Waals surface area contributed by atoms with Crippen LogP contribution in [0.25, 0.3) is 21.8 Å². The number of benzene rings is 2. The largest absolute Gasteiger partial charge is 0.507 e. The standard InChI is InChI=1S/C15H10INO4/c1-6-11(18)5-10-13(14(6)19)12(15(20)21)8-4-7(16)2-3-9(8)17-10/h2-5,18-19H,1H3,(H,20,21). The molecule has 0 unspecified atom stereocenters. The molecule has 0 aliphatic carbocycles. The second kappa shape index (κ2) is 4.73. The number of nitrogens with zero attached hydrogens (tertiary/aromatic N) is 1. The zero-order valence-electron chi connectivity index (χ0n) is 10.9. The molecule has 0 fully saturated rings. The van der Waals surface area contributed by atoms with Gasteiger partial charge in [-0.2, -0.15) is 0 Å². The number of aromatic carboxylic acids is 1. The molecule has 0 radical (unpaired) electrons. The number of carboxylic acids is 1. The van der Waals surface area contributed by atoms with Crippen LogP contribution in [0.1, 0.15) is 15.9 Å². The Labute approximate surface area is 133 Å². The second-order valence-corrected chi connectivity index (χ2v) is 5.96. The minimum Gasteiger partial charge on any atom is -0.507 e. The molecule has 0 saturated heterocycles. The van der Waals surface area contributed by atoms with Gasteiger partial charge in [-0.3, -0.25) is 0 Å². The molecule has 3 N–H and O–H groups in total. The van der Waals surface area contributed by atoms with Gasteiger partial charge in [-0.05, 0) is 47.7 Å². The van der Waals surface area contributed by atoms with E-state index in [-0.39, 0.29) is 33.5 Å². The number of hydrogen-bond acceptors (Lipinski definition) is 4. The van der Waals surface area contributed by atoms with Crippen LogP contribution in [0, 0.1) is 10.5 Å². The minimum atomic E-state index is -1.14. The van der Waals surface area contributed by atoms with Gasteiger partial charge in [0.1, 0.15) is 11.5 Å². The van der Waals surface area contributed by atoms with Gasteiger partial charge in [0.15, 0.2) is 0 Å². The minimum absolute atomic E-state index is 0.00545. The summed E-state index contributed by atoms with van der Waals surface area (Å²) in [6.07, 6.45) is 0. The van der Waals surface area contributed by atoms with Crippen LogP contribution in [-0.4, -0.2) is 26.3 Å². The predicted octanol–water partition coefficient (Wildman–Crippen LogP) is 3.41. The number of phenolic OH excluding ortho intramolecular Hbond substituents is 2. The molecule has 0 saturated carbocycles. The average molecular weight is 395 g/mol. The Morgan fingerprint density at radius 1 is 1.19 bits per heavy atom. The number of aromatic hydroxyl groups is 2. The number of phenols is 2. The van der Waals surface area contributed by atoms with E-state index in [4.69, 9.17) is 0 Å². The van der Waals surface area contributed by atoms with Gasteiger partial charge in [0.05, 0.1) is 22.0 Å². The zero-order chi connectivity index (χ0) is 15.3. The number of carbonyl (C=O) groups is 1. The van der Waals surface area contributed by atoms with Gasteiger partial charge in [0, 0.05) is 20.6 Å². The van der Waals surface area contributed by atoms with Gasteiger partial charge in [0.25, 0.3) is 0 Å². The van der Waals surface area contributed by atoms with Crippen molar-refractivity contribution in [1.82, 2.24) is 4.98 Å². The van der Waals surface area contributed by atoms with Gasteiger partial charge in [-0.15, -0.1) is 0 Å². The lowest BCUT2D eigenvalue weighted by molar-refractivity contribution is 0.0700. The molecular formula is C15H10INO4. The second-order valence-electron chi connectivity index (χ2n) is 4.72. The van der Waals surface area contributed by atoms with Crippen LogP contribution < -0.4 is 0 Å². The molecule has 0 aliphatic rings. The fraction of sp³-hybridized carbons (Fsp3) is 0.0667. The van der Waals surface area contributed by atoms with Crippen molar-refractivity contribution in [2.24, 2.45) is 0 Å². The molecule has 0 aliphatic heterocycles. The van der Waals surface area contributed by atoms with Crippen LogP contribution in [0.4, 0.5) is 0 Å². The lowest BCUT2D eigenvalue weighted by atomic mass is 9.99. The van der Waals surface area contributed by atoms with Gasteiger partial charge in [-0.1, -0.05) is 0 Å². The molecule has 3 rings (SSSR count). The molecule has 6 heteroatoms. The van der Waals surface area contributed by atoms with E-state index >= 15 is 0 Å². The number of fused-ring (bicyclic) bond motifs is 2. The van der Waals surface area contributed by atoms with Crippen LogP contribution in [0.2, 0.25) is 0 Å². The number of hydrogen-bond donors (Lipinski definition) is 3. The summed E-state index contributed by atoms with van der Waals surface area (Å²) >= 11 is 2.09. The maximum absolute atomic E-state index is 11.7. The van der Waals surface area contributed by atoms with Crippen LogP contribution >= 0.6 is 22.6 Å². The number of aromatic nitrogens is 1. The Morgan fingerprint density at radius 2 is 1.90 bits per heavy atom. The number of carboxylic acid groups (broad SMARTS) is 1. The Kier molecular flexibility index (Phi) is 3.12.